The van der Waals surface area contributed by atoms with Crippen LogP contribution in [0.1, 0.15) is 23.2 Å². The van der Waals surface area contributed by atoms with Gasteiger partial charge in [-0.15, -0.1) is 11.3 Å². The fourth-order valence-corrected chi connectivity index (χ4v) is 3.12. The molecule has 0 bridgehead atoms. The molecule has 0 aliphatic rings. The molecule has 108 valence electrons. The molecule has 0 saturated heterocycles. The Kier molecular flexibility index (Phi) is 4.18. The molecule has 3 rings (SSSR count). The molecule has 0 amide bonds. The third kappa shape index (κ3) is 2.91. The monoisotopic (exact) mass is 298 g/mol. The van der Waals surface area contributed by atoms with E-state index in [0.717, 1.165) is 33.8 Å². The second-order valence-corrected chi connectivity index (χ2v) is 5.78. The van der Waals surface area contributed by atoms with E-state index in [2.05, 4.69) is 35.5 Å². The van der Waals surface area contributed by atoms with Crippen molar-refractivity contribution in [2.75, 3.05) is 0 Å². The number of nitrogens with zero attached hydrogens (tertiary/aromatic N) is 1. The van der Waals surface area contributed by atoms with Gasteiger partial charge in [-0.3, -0.25) is 0 Å². The SMILES string of the molecule is CCc1nc(COc2ccc3ccccc3c2CN)cs1. The Morgan fingerprint density at radius 1 is 1.19 bits per heavy atom. The van der Waals surface area contributed by atoms with E-state index < -0.39 is 0 Å². The molecule has 0 radical (unpaired) electrons. The maximum Gasteiger partial charge on any atom is 0.131 e. The van der Waals surface area contributed by atoms with Crippen molar-refractivity contribution < 1.29 is 4.74 Å². The number of aryl methyl sites for hydroxylation is 1. The molecular weight excluding hydrogens is 280 g/mol. The molecule has 0 atom stereocenters. The van der Waals surface area contributed by atoms with E-state index in [1.165, 1.54) is 5.39 Å². The summed E-state index contributed by atoms with van der Waals surface area (Å²) in [5, 5.41) is 5.55. The number of benzene rings is 2. The molecular formula is C17H18N2OS. The smallest absolute Gasteiger partial charge is 0.131 e. The number of fused-ring (bicyclic) bond motifs is 1. The fraction of sp³-hybridized carbons (Fsp3) is 0.235. The minimum Gasteiger partial charge on any atom is -0.487 e. The minimum absolute atomic E-state index is 0.466. The maximum atomic E-state index is 5.94. The predicted octanol–water partition coefficient (Wildman–Crippen LogP) is 3.90. The average Bonchev–Trinajstić information content (AvgIpc) is 3.00. The van der Waals surface area contributed by atoms with E-state index in [1.54, 1.807) is 11.3 Å². The molecule has 4 heteroatoms. The van der Waals surface area contributed by atoms with Gasteiger partial charge in [-0.2, -0.15) is 0 Å². The molecule has 0 fully saturated rings. The van der Waals surface area contributed by atoms with Crippen molar-refractivity contribution in [3.05, 3.63) is 58.0 Å². The van der Waals surface area contributed by atoms with Gasteiger partial charge in [0.1, 0.15) is 12.4 Å². The van der Waals surface area contributed by atoms with Crippen molar-refractivity contribution >= 4 is 22.1 Å². The van der Waals surface area contributed by atoms with Gasteiger partial charge in [0.25, 0.3) is 0 Å². The van der Waals surface area contributed by atoms with Gasteiger partial charge in [-0.05, 0) is 23.3 Å². The van der Waals surface area contributed by atoms with Gasteiger partial charge in [0.15, 0.2) is 0 Å². The first-order chi connectivity index (χ1) is 10.3. The highest BCUT2D eigenvalue weighted by molar-refractivity contribution is 7.09. The number of ether oxygens (including phenoxy) is 1. The first-order valence-corrected chi connectivity index (χ1v) is 7.96. The Labute approximate surface area is 128 Å². The van der Waals surface area contributed by atoms with Crippen molar-refractivity contribution in [1.82, 2.24) is 4.98 Å². The zero-order valence-corrected chi connectivity index (χ0v) is 12.8. The molecule has 0 spiro atoms. The van der Waals surface area contributed by atoms with Crippen LogP contribution in [0, 0.1) is 0 Å². The first kappa shape index (κ1) is 14.0. The summed E-state index contributed by atoms with van der Waals surface area (Å²) >= 11 is 1.68. The van der Waals surface area contributed by atoms with Gasteiger partial charge in [0.2, 0.25) is 0 Å². The Hall–Kier alpha value is -1.91. The van der Waals surface area contributed by atoms with E-state index in [9.17, 15) is 0 Å². The van der Waals surface area contributed by atoms with E-state index >= 15 is 0 Å². The molecule has 0 aliphatic heterocycles. The summed E-state index contributed by atoms with van der Waals surface area (Å²) in [4.78, 5) is 4.52. The van der Waals surface area contributed by atoms with Crippen molar-refractivity contribution in [2.45, 2.75) is 26.5 Å². The average molecular weight is 298 g/mol. The molecule has 1 heterocycles. The molecule has 3 aromatic rings. The zero-order chi connectivity index (χ0) is 14.7. The van der Waals surface area contributed by atoms with E-state index in [1.807, 2.05) is 18.2 Å². The number of hydrogen-bond donors (Lipinski definition) is 1. The highest BCUT2D eigenvalue weighted by Crippen LogP contribution is 2.28. The summed E-state index contributed by atoms with van der Waals surface area (Å²) in [6.45, 7) is 3.06. The molecule has 2 N–H and O–H groups in total. The van der Waals surface area contributed by atoms with Gasteiger partial charge in [-0.25, -0.2) is 4.98 Å². The standard InChI is InChI=1S/C17H18N2OS/c1-2-17-19-13(11-21-17)10-20-16-8-7-12-5-3-4-6-14(12)15(16)9-18/h3-8,11H,2,9-10,18H2,1H3. The van der Waals surface area contributed by atoms with Crippen LogP contribution in [0.4, 0.5) is 0 Å². The number of nitrogens with two attached hydrogens (primary N) is 1. The van der Waals surface area contributed by atoms with E-state index in [0.29, 0.717) is 13.2 Å². The number of thiazole rings is 1. The van der Waals surface area contributed by atoms with E-state index in [-0.39, 0.29) is 0 Å². The highest BCUT2D eigenvalue weighted by Gasteiger charge is 2.08. The number of hydrogen-bond acceptors (Lipinski definition) is 4. The molecule has 1 aromatic heterocycles. The molecule has 21 heavy (non-hydrogen) atoms. The number of rotatable bonds is 5. The molecule has 2 aromatic carbocycles. The molecule has 3 nitrogen and oxygen atoms in total. The Morgan fingerprint density at radius 3 is 2.81 bits per heavy atom. The van der Waals surface area contributed by atoms with Crippen molar-refractivity contribution in [3.8, 4) is 5.75 Å². The summed E-state index contributed by atoms with van der Waals surface area (Å²) in [5.41, 5.74) is 7.95. The van der Waals surface area contributed by atoms with Crippen LogP contribution in [0.25, 0.3) is 10.8 Å². The fourth-order valence-electron chi connectivity index (χ4n) is 2.39. The summed E-state index contributed by atoms with van der Waals surface area (Å²) < 4.78 is 5.94. The summed E-state index contributed by atoms with van der Waals surface area (Å²) in [7, 11) is 0. The van der Waals surface area contributed by atoms with Gasteiger partial charge in [0, 0.05) is 17.5 Å². The lowest BCUT2D eigenvalue weighted by Crippen LogP contribution is -2.04. The van der Waals surface area contributed by atoms with Crippen LogP contribution < -0.4 is 10.5 Å². The second kappa shape index (κ2) is 6.24. The van der Waals surface area contributed by atoms with Crippen LogP contribution in [0.15, 0.2) is 41.8 Å². The van der Waals surface area contributed by atoms with Crippen molar-refractivity contribution in [2.24, 2.45) is 5.73 Å². The lowest BCUT2D eigenvalue weighted by molar-refractivity contribution is 0.299. The van der Waals surface area contributed by atoms with Crippen molar-refractivity contribution in [1.29, 1.82) is 0 Å². The third-order valence-corrected chi connectivity index (χ3v) is 4.52. The van der Waals surface area contributed by atoms with Crippen LogP contribution in [-0.2, 0) is 19.6 Å². The predicted molar refractivity (Wildman–Crippen MR) is 87.7 cm³/mol. The second-order valence-electron chi connectivity index (χ2n) is 4.84. The summed E-state index contributed by atoms with van der Waals surface area (Å²) in [6, 6.07) is 12.3. The van der Waals surface area contributed by atoms with Crippen LogP contribution in [0.5, 0.6) is 5.75 Å². The Morgan fingerprint density at radius 2 is 2.05 bits per heavy atom. The van der Waals surface area contributed by atoms with Crippen LogP contribution >= 0.6 is 11.3 Å². The van der Waals surface area contributed by atoms with Gasteiger partial charge in [-0.1, -0.05) is 37.3 Å². The lowest BCUT2D eigenvalue weighted by Gasteiger charge is -2.12. The highest BCUT2D eigenvalue weighted by atomic mass is 32.1. The van der Waals surface area contributed by atoms with Gasteiger partial charge < -0.3 is 10.5 Å². The van der Waals surface area contributed by atoms with Gasteiger partial charge in [0.05, 0.1) is 10.7 Å². The summed E-state index contributed by atoms with van der Waals surface area (Å²) in [6.07, 6.45) is 0.967. The Balaban J connectivity index is 1.86. The number of aromatic nitrogens is 1. The molecule has 0 aliphatic carbocycles. The van der Waals surface area contributed by atoms with Crippen LogP contribution in [-0.4, -0.2) is 4.98 Å². The maximum absolute atomic E-state index is 5.94. The first-order valence-electron chi connectivity index (χ1n) is 7.08. The minimum atomic E-state index is 0.466. The normalized spacial score (nSPS) is 11.0. The Bertz CT molecular complexity index is 751. The molecule has 0 saturated carbocycles. The topological polar surface area (TPSA) is 48.1 Å². The van der Waals surface area contributed by atoms with Gasteiger partial charge >= 0.3 is 0 Å². The summed E-state index contributed by atoms with van der Waals surface area (Å²) in [5.74, 6) is 0.849. The lowest BCUT2D eigenvalue weighted by atomic mass is 10.0. The quantitative estimate of drug-likeness (QED) is 0.777. The van der Waals surface area contributed by atoms with Crippen molar-refractivity contribution in [3.63, 3.8) is 0 Å². The van der Waals surface area contributed by atoms with Crippen LogP contribution in [0.3, 0.4) is 0 Å². The third-order valence-electron chi connectivity index (χ3n) is 3.48. The largest absolute Gasteiger partial charge is 0.487 e. The van der Waals surface area contributed by atoms with Crippen LogP contribution in [0.2, 0.25) is 0 Å². The zero-order valence-electron chi connectivity index (χ0n) is 12.0. The van der Waals surface area contributed by atoms with E-state index in [4.69, 9.17) is 10.5 Å². The molecule has 0 unspecified atom stereocenters.